The fraction of sp³-hybridized carbons (Fsp3) is 0.300. The summed E-state index contributed by atoms with van der Waals surface area (Å²) in [5.41, 5.74) is 2.23. The molecule has 1 amide bonds. The molecule has 3 heteroatoms. The van der Waals surface area contributed by atoms with E-state index in [-0.39, 0.29) is 5.91 Å². The average molecular weight is 240 g/mol. The highest BCUT2D eigenvalue weighted by Gasteiger charge is 2.19. The van der Waals surface area contributed by atoms with E-state index in [9.17, 15) is 4.79 Å². The number of benzene rings is 1. The minimum absolute atomic E-state index is 0.143. The van der Waals surface area contributed by atoms with E-state index in [0.29, 0.717) is 6.42 Å². The predicted octanol–water partition coefficient (Wildman–Crippen LogP) is 2.67. The summed E-state index contributed by atoms with van der Waals surface area (Å²) in [6.07, 6.45) is 2.56. The zero-order chi connectivity index (χ0) is 9.26. The molecule has 0 saturated heterocycles. The number of hydrogen-bond acceptors (Lipinski definition) is 1. The van der Waals surface area contributed by atoms with Crippen LogP contribution in [0.2, 0.25) is 0 Å². The molecule has 0 unspecified atom stereocenters. The first-order valence-electron chi connectivity index (χ1n) is 4.35. The van der Waals surface area contributed by atoms with Crippen molar-refractivity contribution in [2.24, 2.45) is 0 Å². The van der Waals surface area contributed by atoms with E-state index < -0.39 is 0 Å². The molecular weight excluding hydrogens is 230 g/mol. The van der Waals surface area contributed by atoms with Crippen LogP contribution in [0.5, 0.6) is 0 Å². The second-order valence-electron chi connectivity index (χ2n) is 3.16. The van der Waals surface area contributed by atoms with E-state index in [1.54, 1.807) is 3.93 Å². The summed E-state index contributed by atoms with van der Waals surface area (Å²) in [5, 5.41) is 0. The molecule has 13 heavy (non-hydrogen) atoms. The topological polar surface area (TPSA) is 20.3 Å². The fourth-order valence-corrected chi connectivity index (χ4v) is 2.10. The van der Waals surface area contributed by atoms with Gasteiger partial charge in [-0.05, 0) is 24.5 Å². The second kappa shape index (κ2) is 3.50. The summed E-state index contributed by atoms with van der Waals surface area (Å²) in [7, 11) is 0. The Morgan fingerprint density at radius 3 is 2.85 bits per heavy atom. The third kappa shape index (κ3) is 1.61. The zero-order valence-corrected chi connectivity index (χ0v) is 8.75. The van der Waals surface area contributed by atoms with E-state index >= 15 is 0 Å². The van der Waals surface area contributed by atoms with Crippen molar-refractivity contribution in [2.45, 2.75) is 19.3 Å². The lowest BCUT2D eigenvalue weighted by atomic mass is 10.1. The monoisotopic (exact) mass is 239 g/mol. The van der Waals surface area contributed by atoms with Gasteiger partial charge in [0.05, 0.1) is 21.8 Å². The van der Waals surface area contributed by atoms with E-state index in [1.807, 2.05) is 18.2 Å². The molecule has 1 aromatic carbocycles. The third-order valence-electron chi connectivity index (χ3n) is 2.26. The molecule has 1 aliphatic heterocycles. The maximum atomic E-state index is 11.5. The van der Waals surface area contributed by atoms with Gasteiger partial charge in [0.25, 0.3) is 0 Å². The number of fused-ring (bicyclic) bond motifs is 1. The van der Waals surface area contributed by atoms with Gasteiger partial charge >= 0.3 is 0 Å². The molecular formula is C10H10BrNO. The maximum Gasteiger partial charge on any atom is 0.237 e. The number of anilines is 1. The summed E-state index contributed by atoms with van der Waals surface area (Å²) in [5.74, 6) is 0.143. The van der Waals surface area contributed by atoms with Crippen LogP contribution in [0.4, 0.5) is 5.69 Å². The summed E-state index contributed by atoms with van der Waals surface area (Å²) in [6.45, 7) is 0. The zero-order valence-electron chi connectivity index (χ0n) is 7.16. The summed E-state index contributed by atoms with van der Waals surface area (Å²) >= 11 is 3.29. The minimum atomic E-state index is 0.143. The normalized spacial score (nSPS) is 16.7. The molecule has 0 aliphatic carbocycles. The van der Waals surface area contributed by atoms with Crippen molar-refractivity contribution in [3.05, 3.63) is 29.8 Å². The molecule has 1 aliphatic rings. The number of rotatable bonds is 0. The molecule has 0 radical (unpaired) electrons. The van der Waals surface area contributed by atoms with Crippen molar-refractivity contribution in [3.63, 3.8) is 0 Å². The summed E-state index contributed by atoms with van der Waals surface area (Å²) in [4.78, 5) is 11.5. The number of nitrogens with zero attached hydrogens (tertiary/aromatic N) is 1. The minimum Gasteiger partial charge on any atom is -0.274 e. The van der Waals surface area contributed by atoms with E-state index in [0.717, 1.165) is 18.5 Å². The van der Waals surface area contributed by atoms with Gasteiger partial charge in [0, 0.05) is 6.42 Å². The van der Waals surface area contributed by atoms with Crippen LogP contribution in [-0.2, 0) is 11.2 Å². The first-order valence-corrected chi connectivity index (χ1v) is 5.06. The molecule has 0 aromatic heterocycles. The van der Waals surface area contributed by atoms with E-state index in [4.69, 9.17) is 0 Å². The molecule has 68 valence electrons. The van der Waals surface area contributed by atoms with Crippen LogP contribution in [0, 0.1) is 0 Å². The molecule has 1 aromatic rings. The summed E-state index contributed by atoms with van der Waals surface area (Å²) in [6, 6.07) is 8.00. The van der Waals surface area contributed by atoms with E-state index in [1.165, 1.54) is 5.56 Å². The number of halogens is 1. The number of carbonyl (C=O) groups is 1. The Hall–Kier alpha value is -0.830. The van der Waals surface area contributed by atoms with Gasteiger partial charge < -0.3 is 0 Å². The highest BCUT2D eigenvalue weighted by atomic mass is 79.9. The molecule has 0 saturated carbocycles. The number of aryl methyl sites for hydroxylation is 1. The van der Waals surface area contributed by atoms with Crippen LogP contribution in [0.15, 0.2) is 24.3 Å². The van der Waals surface area contributed by atoms with Crippen molar-refractivity contribution >= 4 is 27.7 Å². The molecule has 0 N–H and O–H groups in total. The first kappa shape index (κ1) is 8.75. The predicted molar refractivity (Wildman–Crippen MR) is 55.8 cm³/mol. The lowest BCUT2D eigenvalue weighted by Gasteiger charge is -2.13. The third-order valence-corrected chi connectivity index (χ3v) is 3.04. The molecule has 2 rings (SSSR count). The van der Waals surface area contributed by atoms with Gasteiger partial charge in [0.15, 0.2) is 0 Å². The molecule has 0 fully saturated rings. The van der Waals surface area contributed by atoms with Crippen molar-refractivity contribution in [1.82, 2.24) is 0 Å². The van der Waals surface area contributed by atoms with Gasteiger partial charge in [-0.15, -0.1) is 0 Å². The Labute approximate surface area is 85.9 Å². The van der Waals surface area contributed by atoms with Gasteiger partial charge in [-0.3, -0.25) is 4.79 Å². The highest BCUT2D eigenvalue weighted by molar-refractivity contribution is 9.10. The van der Waals surface area contributed by atoms with E-state index in [2.05, 4.69) is 22.2 Å². The Morgan fingerprint density at radius 2 is 2.00 bits per heavy atom. The molecule has 0 bridgehead atoms. The van der Waals surface area contributed by atoms with Crippen molar-refractivity contribution in [3.8, 4) is 0 Å². The largest absolute Gasteiger partial charge is 0.274 e. The number of hydrogen-bond donors (Lipinski definition) is 0. The number of amides is 1. The van der Waals surface area contributed by atoms with Crippen LogP contribution >= 0.6 is 16.1 Å². The average Bonchev–Trinajstić information content (AvgIpc) is 2.29. The van der Waals surface area contributed by atoms with Gasteiger partial charge in [0.1, 0.15) is 0 Å². The van der Waals surface area contributed by atoms with Crippen LogP contribution in [-0.4, -0.2) is 5.91 Å². The van der Waals surface area contributed by atoms with Gasteiger partial charge in [-0.2, -0.15) is 0 Å². The molecule has 1 heterocycles. The van der Waals surface area contributed by atoms with Crippen LogP contribution in [0.1, 0.15) is 18.4 Å². The molecule has 0 atom stereocenters. The van der Waals surface area contributed by atoms with Crippen LogP contribution < -0.4 is 3.93 Å². The lowest BCUT2D eigenvalue weighted by Crippen LogP contribution is -2.18. The Morgan fingerprint density at radius 1 is 1.23 bits per heavy atom. The quantitative estimate of drug-likeness (QED) is 0.638. The van der Waals surface area contributed by atoms with Gasteiger partial charge in [-0.1, -0.05) is 18.2 Å². The van der Waals surface area contributed by atoms with Gasteiger partial charge in [0.2, 0.25) is 5.91 Å². The second-order valence-corrected chi connectivity index (χ2v) is 3.87. The Kier molecular flexibility index (Phi) is 2.36. The number of para-hydroxylation sites is 1. The smallest absolute Gasteiger partial charge is 0.237 e. The maximum absolute atomic E-state index is 11.5. The van der Waals surface area contributed by atoms with Gasteiger partial charge in [-0.25, -0.2) is 3.93 Å². The molecule has 2 nitrogen and oxygen atoms in total. The molecule has 0 spiro atoms. The fourth-order valence-electron chi connectivity index (χ4n) is 1.58. The van der Waals surface area contributed by atoms with Crippen LogP contribution in [0.3, 0.4) is 0 Å². The Bertz CT molecular complexity index is 337. The lowest BCUT2D eigenvalue weighted by molar-refractivity contribution is -0.117. The number of carbonyl (C=O) groups excluding carboxylic acids is 1. The van der Waals surface area contributed by atoms with Crippen LogP contribution in [0.25, 0.3) is 0 Å². The van der Waals surface area contributed by atoms with Crippen molar-refractivity contribution < 1.29 is 4.79 Å². The summed E-state index contributed by atoms with van der Waals surface area (Å²) < 4.78 is 1.58. The van der Waals surface area contributed by atoms with Crippen molar-refractivity contribution in [1.29, 1.82) is 0 Å². The first-order chi connectivity index (χ1) is 6.29. The SMILES string of the molecule is O=C1CCCc2ccccc2N1Br. The van der Waals surface area contributed by atoms with Crippen molar-refractivity contribution in [2.75, 3.05) is 3.93 Å². The Balaban J connectivity index is 2.46. The highest BCUT2D eigenvalue weighted by Crippen LogP contribution is 2.28. The standard InChI is InChI=1S/C10H10BrNO/c11-12-9-6-2-1-4-8(9)5-3-7-10(12)13/h1-2,4,6H,3,5,7H2.